The van der Waals surface area contributed by atoms with Crippen LogP contribution in [0.2, 0.25) is 0 Å². The van der Waals surface area contributed by atoms with Crippen LogP contribution >= 0.6 is 0 Å². The third-order valence-electron chi connectivity index (χ3n) is 5.31. The molecule has 3 heterocycles. The fraction of sp³-hybridized carbons (Fsp3) is 0.444. The summed E-state index contributed by atoms with van der Waals surface area (Å²) in [6, 6.07) is 9.84. The van der Waals surface area contributed by atoms with E-state index in [9.17, 15) is 8.78 Å². The zero-order valence-corrected chi connectivity index (χ0v) is 13.4. The molecule has 0 bridgehead atoms. The van der Waals surface area contributed by atoms with Crippen LogP contribution in [0.1, 0.15) is 12.8 Å². The third kappa shape index (κ3) is 2.50. The molecule has 0 saturated carbocycles. The van der Waals surface area contributed by atoms with Crippen molar-refractivity contribution in [2.45, 2.75) is 18.8 Å². The van der Waals surface area contributed by atoms with Crippen LogP contribution < -0.4 is 9.80 Å². The van der Waals surface area contributed by atoms with Crippen LogP contribution in [0.3, 0.4) is 0 Å². The second kappa shape index (κ2) is 5.69. The molecular formula is C18H20F2N4. The van der Waals surface area contributed by atoms with E-state index in [4.69, 9.17) is 0 Å². The molecule has 1 atom stereocenters. The van der Waals surface area contributed by atoms with E-state index < -0.39 is 11.3 Å². The molecule has 4 rings (SSSR count). The van der Waals surface area contributed by atoms with Gasteiger partial charge in [0, 0.05) is 50.7 Å². The zero-order valence-electron chi connectivity index (χ0n) is 13.4. The SMILES string of the molecule is FC1(F)CCN(c2ccccc2)C[C@]12CCN(c1cnccn1)C2. The monoisotopic (exact) mass is 330 g/mol. The molecule has 1 aromatic carbocycles. The van der Waals surface area contributed by atoms with Crippen molar-refractivity contribution in [3.63, 3.8) is 0 Å². The van der Waals surface area contributed by atoms with Crippen molar-refractivity contribution >= 4 is 11.5 Å². The van der Waals surface area contributed by atoms with Gasteiger partial charge in [-0.1, -0.05) is 18.2 Å². The molecule has 2 fully saturated rings. The van der Waals surface area contributed by atoms with Crippen LogP contribution in [-0.2, 0) is 0 Å². The quantitative estimate of drug-likeness (QED) is 0.846. The molecular weight excluding hydrogens is 310 g/mol. The molecule has 0 amide bonds. The Morgan fingerprint density at radius 1 is 0.917 bits per heavy atom. The van der Waals surface area contributed by atoms with Gasteiger partial charge in [-0.3, -0.25) is 4.98 Å². The van der Waals surface area contributed by atoms with Crippen LogP contribution in [0.15, 0.2) is 48.9 Å². The molecule has 2 saturated heterocycles. The number of nitrogens with zero attached hydrogens (tertiary/aromatic N) is 4. The number of anilines is 2. The van der Waals surface area contributed by atoms with Crippen molar-refractivity contribution in [2.24, 2.45) is 5.41 Å². The Balaban J connectivity index is 1.60. The summed E-state index contributed by atoms with van der Waals surface area (Å²) in [4.78, 5) is 12.4. The molecule has 126 valence electrons. The Kier molecular flexibility index (Phi) is 3.62. The van der Waals surface area contributed by atoms with Crippen molar-refractivity contribution in [3.8, 4) is 0 Å². The lowest BCUT2D eigenvalue weighted by atomic mass is 9.75. The van der Waals surface area contributed by atoms with E-state index in [0.717, 1.165) is 5.69 Å². The average Bonchev–Trinajstić information content (AvgIpc) is 3.05. The first kappa shape index (κ1) is 15.3. The number of alkyl halides is 2. The van der Waals surface area contributed by atoms with E-state index >= 15 is 0 Å². The molecule has 2 aromatic rings. The van der Waals surface area contributed by atoms with E-state index in [1.807, 2.05) is 35.2 Å². The summed E-state index contributed by atoms with van der Waals surface area (Å²) < 4.78 is 29.7. The third-order valence-corrected chi connectivity index (χ3v) is 5.31. The molecule has 0 aliphatic carbocycles. The van der Waals surface area contributed by atoms with Gasteiger partial charge >= 0.3 is 0 Å². The molecule has 1 aromatic heterocycles. The fourth-order valence-corrected chi connectivity index (χ4v) is 3.91. The highest BCUT2D eigenvalue weighted by molar-refractivity contribution is 5.48. The number of hydrogen-bond donors (Lipinski definition) is 0. The molecule has 0 N–H and O–H groups in total. The van der Waals surface area contributed by atoms with Gasteiger partial charge in [-0.2, -0.15) is 0 Å². The summed E-state index contributed by atoms with van der Waals surface area (Å²) in [5, 5.41) is 0. The predicted molar refractivity (Wildman–Crippen MR) is 89.5 cm³/mol. The van der Waals surface area contributed by atoms with Gasteiger partial charge in [0.2, 0.25) is 0 Å². The lowest BCUT2D eigenvalue weighted by Gasteiger charge is -2.46. The number of halogens is 2. The van der Waals surface area contributed by atoms with Gasteiger partial charge < -0.3 is 9.80 Å². The second-order valence-corrected chi connectivity index (χ2v) is 6.73. The van der Waals surface area contributed by atoms with Gasteiger partial charge in [-0.25, -0.2) is 13.8 Å². The van der Waals surface area contributed by atoms with Gasteiger partial charge in [0.05, 0.1) is 11.6 Å². The largest absolute Gasteiger partial charge is 0.370 e. The van der Waals surface area contributed by atoms with Gasteiger partial charge in [0.1, 0.15) is 5.82 Å². The van der Waals surface area contributed by atoms with Gasteiger partial charge in [0.15, 0.2) is 0 Å². The molecule has 2 aliphatic rings. The van der Waals surface area contributed by atoms with E-state index in [2.05, 4.69) is 14.9 Å². The number of para-hydroxylation sites is 1. The number of rotatable bonds is 2. The lowest BCUT2D eigenvalue weighted by molar-refractivity contribution is -0.124. The van der Waals surface area contributed by atoms with Crippen LogP contribution in [0.4, 0.5) is 20.3 Å². The van der Waals surface area contributed by atoms with Crippen molar-refractivity contribution in [3.05, 3.63) is 48.9 Å². The normalized spacial score (nSPS) is 26.1. The maximum Gasteiger partial charge on any atom is 0.258 e. The Morgan fingerprint density at radius 3 is 2.42 bits per heavy atom. The van der Waals surface area contributed by atoms with Crippen molar-refractivity contribution in [2.75, 3.05) is 36.0 Å². The van der Waals surface area contributed by atoms with Crippen LogP contribution in [0, 0.1) is 5.41 Å². The van der Waals surface area contributed by atoms with E-state index in [0.29, 0.717) is 38.4 Å². The van der Waals surface area contributed by atoms with Gasteiger partial charge in [-0.05, 0) is 18.6 Å². The highest BCUT2D eigenvalue weighted by atomic mass is 19.3. The predicted octanol–water partition coefficient (Wildman–Crippen LogP) is 3.22. The van der Waals surface area contributed by atoms with E-state index in [1.54, 1.807) is 18.6 Å². The van der Waals surface area contributed by atoms with Crippen LogP contribution in [-0.4, -0.2) is 42.1 Å². The second-order valence-electron chi connectivity index (χ2n) is 6.73. The van der Waals surface area contributed by atoms with Crippen molar-refractivity contribution < 1.29 is 8.78 Å². The Labute approximate surface area is 140 Å². The Hall–Kier alpha value is -2.24. The summed E-state index contributed by atoms with van der Waals surface area (Å²) in [5.41, 5.74) is -0.0103. The van der Waals surface area contributed by atoms with Crippen LogP contribution in [0.25, 0.3) is 0 Å². The zero-order chi connectivity index (χ0) is 16.6. The molecule has 4 nitrogen and oxygen atoms in total. The maximum atomic E-state index is 14.9. The maximum absolute atomic E-state index is 14.9. The number of piperidine rings is 1. The molecule has 1 spiro atoms. The molecule has 24 heavy (non-hydrogen) atoms. The van der Waals surface area contributed by atoms with Gasteiger partial charge in [0.25, 0.3) is 5.92 Å². The number of benzene rings is 1. The first-order valence-corrected chi connectivity index (χ1v) is 8.29. The Morgan fingerprint density at radius 2 is 1.67 bits per heavy atom. The molecule has 6 heteroatoms. The highest BCUT2D eigenvalue weighted by Crippen LogP contribution is 2.50. The first-order valence-electron chi connectivity index (χ1n) is 8.29. The number of aromatic nitrogens is 2. The minimum absolute atomic E-state index is 0.101. The summed E-state index contributed by atoms with van der Waals surface area (Å²) in [5.74, 6) is -1.98. The minimum Gasteiger partial charge on any atom is -0.370 e. The molecule has 2 aliphatic heterocycles. The van der Waals surface area contributed by atoms with Crippen LogP contribution in [0.5, 0.6) is 0 Å². The van der Waals surface area contributed by atoms with Crippen molar-refractivity contribution in [1.82, 2.24) is 9.97 Å². The van der Waals surface area contributed by atoms with Gasteiger partial charge in [-0.15, -0.1) is 0 Å². The Bertz CT molecular complexity index is 695. The first-order chi connectivity index (χ1) is 11.6. The number of hydrogen-bond acceptors (Lipinski definition) is 4. The topological polar surface area (TPSA) is 32.3 Å². The lowest BCUT2D eigenvalue weighted by Crippen LogP contribution is -2.57. The standard InChI is InChI=1S/C18H20F2N4/c19-18(20)7-11-23(15-4-2-1-3-5-15)13-17(18)6-10-24(14-17)16-12-21-8-9-22-16/h1-5,8-9,12H,6-7,10-11,13-14H2/t17-/m0/s1. The van der Waals surface area contributed by atoms with E-state index in [1.165, 1.54) is 0 Å². The fourth-order valence-electron chi connectivity index (χ4n) is 3.91. The molecule has 0 radical (unpaired) electrons. The van der Waals surface area contributed by atoms with E-state index in [-0.39, 0.29) is 6.42 Å². The highest BCUT2D eigenvalue weighted by Gasteiger charge is 2.59. The molecule has 0 unspecified atom stereocenters. The summed E-state index contributed by atoms with van der Waals surface area (Å²) in [7, 11) is 0. The summed E-state index contributed by atoms with van der Waals surface area (Å²) in [6.45, 7) is 1.68. The summed E-state index contributed by atoms with van der Waals surface area (Å²) >= 11 is 0. The summed E-state index contributed by atoms with van der Waals surface area (Å²) in [6.07, 6.45) is 5.22. The smallest absolute Gasteiger partial charge is 0.258 e. The van der Waals surface area contributed by atoms with Crippen molar-refractivity contribution in [1.29, 1.82) is 0 Å². The average molecular weight is 330 g/mol. The minimum atomic E-state index is -2.66.